The van der Waals surface area contributed by atoms with E-state index in [9.17, 15) is 9.59 Å². The summed E-state index contributed by atoms with van der Waals surface area (Å²) in [6.45, 7) is 6.86. The predicted molar refractivity (Wildman–Crippen MR) is 154 cm³/mol. The summed E-state index contributed by atoms with van der Waals surface area (Å²) in [4.78, 5) is 27.2. The minimum atomic E-state index is -1.13. The molecule has 0 aliphatic rings. The van der Waals surface area contributed by atoms with E-state index in [1.165, 1.54) is 47.6 Å². The lowest BCUT2D eigenvalue weighted by Gasteiger charge is -2.29. The lowest BCUT2D eigenvalue weighted by Crippen LogP contribution is -2.50. The number of nitrogens with two attached hydrogens (primary N) is 1. The Morgan fingerprint density at radius 3 is 1.78 bits per heavy atom. The zero-order valence-corrected chi connectivity index (χ0v) is 25.4. The van der Waals surface area contributed by atoms with E-state index >= 15 is 0 Å². The second-order valence-electron chi connectivity index (χ2n) is 9.23. The molecular formula is C30H40N2O9. The van der Waals surface area contributed by atoms with Gasteiger partial charge in [0.1, 0.15) is 17.5 Å². The number of primary amides is 1. The lowest BCUT2D eigenvalue weighted by molar-refractivity contribution is -0.122. The van der Waals surface area contributed by atoms with Gasteiger partial charge in [0.05, 0.1) is 60.9 Å². The number of methoxy groups -OCH3 is 6. The maximum Gasteiger partial charge on any atom is 0.411 e. The second kappa shape index (κ2) is 14.8. The van der Waals surface area contributed by atoms with Crippen LogP contribution in [0.4, 0.5) is 4.79 Å². The summed E-state index contributed by atoms with van der Waals surface area (Å²) >= 11 is 0. The number of carbonyl (C=O) groups is 2. The van der Waals surface area contributed by atoms with Gasteiger partial charge in [0.2, 0.25) is 5.91 Å². The molecule has 0 aliphatic carbocycles. The Kier molecular flexibility index (Phi) is 11.8. The minimum absolute atomic E-state index is 0.00731. The summed E-state index contributed by atoms with van der Waals surface area (Å²) < 4.78 is 38.5. The largest absolute Gasteiger partial charge is 0.496 e. The highest BCUT2D eigenvalue weighted by Gasteiger charge is 2.32. The van der Waals surface area contributed by atoms with Crippen molar-refractivity contribution < 1.29 is 42.7 Å². The van der Waals surface area contributed by atoms with Crippen LogP contribution in [0.15, 0.2) is 12.1 Å². The number of rotatable bonds is 12. The van der Waals surface area contributed by atoms with Crippen molar-refractivity contribution in [1.29, 1.82) is 0 Å². The Labute approximate surface area is 241 Å². The summed E-state index contributed by atoms with van der Waals surface area (Å²) in [6, 6.07) is 2.24. The minimum Gasteiger partial charge on any atom is -0.496 e. The predicted octanol–water partition coefficient (Wildman–Crippen LogP) is 3.65. The van der Waals surface area contributed by atoms with E-state index < -0.39 is 24.1 Å². The van der Waals surface area contributed by atoms with E-state index in [0.29, 0.717) is 56.8 Å². The molecule has 224 valence electrons. The van der Waals surface area contributed by atoms with Crippen molar-refractivity contribution >= 4 is 12.0 Å². The monoisotopic (exact) mass is 572 g/mol. The van der Waals surface area contributed by atoms with Crippen molar-refractivity contribution in [2.75, 3.05) is 49.2 Å². The first-order valence-corrected chi connectivity index (χ1v) is 12.8. The average molecular weight is 573 g/mol. The Morgan fingerprint density at radius 1 is 0.805 bits per heavy atom. The highest BCUT2D eigenvalue weighted by atomic mass is 16.6. The van der Waals surface area contributed by atoms with Crippen LogP contribution in [0, 0.1) is 25.7 Å². The van der Waals surface area contributed by atoms with Crippen LogP contribution in [0.5, 0.6) is 34.5 Å². The van der Waals surface area contributed by atoms with Crippen molar-refractivity contribution in [3.8, 4) is 46.3 Å². The summed E-state index contributed by atoms with van der Waals surface area (Å²) in [7, 11) is 9.11. The zero-order valence-electron chi connectivity index (χ0n) is 25.4. The topological polar surface area (TPSA) is 128 Å². The van der Waals surface area contributed by atoms with Crippen LogP contribution in [0.3, 0.4) is 0 Å². The molecule has 0 radical (unpaired) electrons. The molecule has 2 aromatic rings. The molecule has 0 saturated carbocycles. The zero-order chi connectivity index (χ0) is 30.9. The van der Waals surface area contributed by atoms with Crippen LogP contribution >= 0.6 is 0 Å². The number of benzene rings is 2. The number of ether oxygens (including phenoxy) is 7. The van der Waals surface area contributed by atoms with Crippen molar-refractivity contribution in [1.82, 2.24) is 4.90 Å². The van der Waals surface area contributed by atoms with Crippen molar-refractivity contribution in [2.24, 2.45) is 5.73 Å². The van der Waals surface area contributed by atoms with Gasteiger partial charge in [-0.25, -0.2) is 4.79 Å². The number of hydrogen-bond donors (Lipinski definition) is 1. The number of carbonyl (C=O) groups excluding carboxylic acids is 2. The fraction of sp³-hybridized carbons (Fsp3) is 0.467. The van der Waals surface area contributed by atoms with Crippen LogP contribution in [-0.2, 0) is 16.0 Å². The molecular weight excluding hydrogens is 532 g/mol. The summed E-state index contributed by atoms with van der Waals surface area (Å²) in [5.74, 6) is 8.12. The van der Waals surface area contributed by atoms with E-state index in [0.717, 1.165) is 0 Å². The molecule has 0 aliphatic heterocycles. The maximum atomic E-state index is 13.2. The molecule has 2 rings (SSSR count). The average Bonchev–Trinajstić information content (AvgIpc) is 2.93. The number of nitrogens with zero attached hydrogens (tertiary/aromatic N) is 1. The number of hydrogen-bond acceptors (Lipinski definition) is 9. The van der Waals surface area contributed by atoms with Gasteiger partial charge in [0, 0.05) is 29.2 Å². The van der Waals surface area contributed by atoms with Crippen molar-refractivity contribution in [3.63, 3.8) is 0 Å². The Morgan fingerprint density at radius 2 is 1.32 bits per heavy atom. The molecule has 0 heterocycles. The van der Waals surface area contributed by atoms with Gasteiger partial charge in [-0.3, -0.25) is 9.69 Å². The molecule has 1 atom stereocenters. The van der Waals surface area contributed by atoms with Crippen LogP contribution in [0.1, 0.15) is 36.1 Å². The van der Waals surface area contributed by atoms with Gasteiger partial charge >= 0.3 is 6.09 Å². The molecule has 0 spiro atoms. The Bertz CT molecular complexity index is 1310. The Balaban J connectivity index is 2.60. The lowest BCUT2D eigenvalue weighted by atomic mass is 9.99. The molecule has 11 heteroatoms. The van der Waals surface area contributed by atoms with Crippen LogP contribution in [-0.4, -0.2) is 78.2 Å². The third-order valence-corrected chi connectivity index (χ3v) is 6.34. The normalized spacial score (nSPS) is 11.1. The first-order chi connectivity index (χ1) is 19.5. The van der Waals surface area contributed by atoms with Crippen molar-refractivity contribution in [2.45, 2.75) is 46.3 Å². The molecule has 0 aromatic heterocycles. The molecule has 0 saturated heterocycles. The van der Waals surface area contributed by atoms with E-state index in [2.05, 4.69) is 11.8 Å². The van der Waals surface area contributed by atoms with Crippen LogP contribution in [0.25, 0.3) is 0 Å². The van der Waals surface area contributed by atoms with Crippen molar-refractivity contribution in [3.05, 3.63) is 34.4 Å². The summed E-state index contributed by atoms with van der Waals surface area (Å²) in [6.07, 6.45) is -1.18. The Hall–Kier alpha value is -4.46. The van der Waals surface area contributed by atoms with Gasteiger partial charge in [-0.05, 0) is 33.8 Å². The standard InChI is InChI=1S/C30H40N2O9/c1-17(2)41-30(34)32(13-11-12-20-15-23(35-5)27(39-9)18(3)25(20)37-7)22(29(31)33)14-21-16-24(36-6)28(40-10)19(4)26(21)38-8/h15-17,22H,13-14H2,1-10H3,(H2,31,33). The van der Waals surface area contributed by atoms with Gasteiger partial charge in [-0.1, -0.05) is 11.8 Å². The first kappa shape index (κ1) is 32.8. The van der Waals surface area contributed by atoms with Gasteiger partial charge in [0.15, 0.2) is 23.0 Å². The highest BCUT2D eigenvalue weighted by Crippen LogP contribution is 2.41. The molecule has 11 nitrogen and oxygen atoms in total. The third kappa shape index (κ3) is 7.39. The highest BCUT2D eigenvalue weighted by molar-refractivity contribution is 5.85. The number of amides is 2. The van der Waals surface area contributed by atoms with Crippen LogP contribution in [0.2, 0.25) is 0 Å². The molecule has 41 heavy (non-hydrogen) atoms. The van der Waals surface area contributed by atoms with E-state index in [-0.39, 0.29) is 13.0 Å². The van der Waals surface area contributed by atoms with Gasteiger partial charge < -0.3 is 38.9 Å². The van der Waals surface area contributed by atoms with Crippen LogP contribution < -0.4 is 34.2 Å². The molecule has 1 unspecified atom stereocenters. The molecule has 2 amide bonds. The van der Waals surface area contributed by atoms with E-state index in [1.807, 2.05) is 6.92 Å². The first-order valence-electron chi connectivity index (χ1n) is 12.8. The fourth-order valence-electron chi connectivity index (χ4n) is 4.54. The summed E-state index contributed by atoms with van der Waals surface area (Å²) in [5.41, 5.74) is 8.30. The van der Waals surface area contributed by atoms with Gasteiger partial charge in [0.25, 0.3) is 0 Å². The van der Waals surface area contributed by atoms with Gasteiger partial charge in [-0.15, -0.1) is 0 Å². The van der Waals surface area contributed by atoms with Gasteiger partial charge in [-0.2, -0.15) is 0 Å². The molecule has 2 aromatic carbocycles. The van der Waals surface area contributed by atoms with E-state index in [1.54, 1.807) is 32.9 Å². The molecule has 0 fully saturated rings. The third-order valence-electron chi connectivity index (χ3n) is 6.34. The maximum absolute atomic E-state index is 13.2. The quantitative estimate of drug-likeness (QED) is 0.379. The van der Waals surface area contributed by atoms with E-state index in [4.69, 9.17) is 38.9 Å². The smallest absolute Gasteiger partial charge is 0.411 e. The second-order valence-corrected chi connectivity index (χ2v) is 9.23. The molecule has 2 N–H and O–H groups in total. The fourth-order valence-corrected chi connectivity index (χ4v) is 4.54. The molecule has 0 bridgehead atoms. The SMILES string of the molecule is COc1cc(C#CCN(C(=O)OC(C)C)C(Cc2cc(OC)c(OC)c(C)c2OC)C(N)=O)c(OC)c(C)c1OC. The summed E-state index contributed by atoms with van der Waals surface area (Å²) in [5, 5.41) is 0.